The van der Waals surface area contributed by atoms with Gasteiger partial charge in [-0.3, -0.25) is 9.89 Å². The van der Waals surface area contributed by atoms with Crippen molar-refractivity contribution in [3.63, 3.8) is 0 Å². The fourth-order valence-electron chi connectivity index (χ4n) is 0.708. The molecule has 1 aromatic rings. The van der Waals surface area contributed by atoms with E-state index in [1.807, 2.05) is 6.92 Å². The average molecular weight is 232 g/mol. The number of H-pyrrole nitrogens is 1. The summed E-state index contributed by atoms with van der Waals surface area (Å²) < 4.78 is 0. The summed E-state index contributed by atoms with van der Waals surface area (Å²) in [6.07, 6.45) is 0. The number of nitrogens with one attached hydrogen (secondary N) is 2. The maximum atomic E-state index is 11.1. The Hall–Kier alpha value is -0.840. The van der Waals surface area contributed by atoms with E-state index in [2.05, 4.69) is 31.4 Å². The van der Waals surface area contributed by atoms with Gasteiger partial charge in [0.05, 0.1) is 4.83 Å². The predicted octanol–water partition coefficient (Wildman–Crippen LogP) is 1.44. The smallest absolute Gasteiger partial charge is 0.239 e. The van der Waals surface area contributed by atoms with Gasteiger partial charge in [-0.1, -0.05) is 15.9 Å². The van der Waals surface area contributed by atoms with Crippen molar-refractivity contribution in [2.24, 2.45) is 0 Å². The summed E-state index contributed by atoms with van der Waals surface area (Å²) in [5, 5.41) is 9.23. The standard InChI is InChI=1S/C7H10BrN3O/c1-4-3-6(11-10-4)9-7(12)5(2)8/h3,5H,1-2H3,(H2,9,10,11,12). The zero-order valence-corrected chi connectivity index (χ0v) is 8.47. The van der Waals surface area contributed by atoms with E-state index in [0.717, 1.165) is 5.69 Å². The average Bonchev–Trinajstić information content (AvgIpc) is 2.35. The summed E-state index contributed by atoms with van der Waals surface area (Å²) >= 11 is 3.15. The molecule has 1 amide bonds. The quantitative estimate of drug-likeness (QED) is 0.758. The van der Waals surface area contributed by atoms with E-state index in [9.17, 15) is 4.79 Å². The molecule has 2 N–H and O–H groups in total. The number of aryl methyl sites for hydroxylation is 1. The summed E-state index contributed by atoms with van der Waals surface area (Å²) in [7, 11) is 0. The van der Waals surface area contributed by atoms with Crippen LogP contribution in [-0.2, 0) is 4.79 Å². The molecule has 0 aliphatic rings. The van der Waals surface area contributed by atoms with E-state index in [-0.39, 0.29) is 10.7 Å². The van der Waals surface area contributed by atoms with Gasteiger partial charge in [0.2, 0.25) is 5.91 Å². The van der Waals surface area contributed by atoms with Gasteiger partial charge < -0.3 is 5.32 Å². The lowest BCUT2D eigenvalue weighted by atomic mass is 10.4. The SMILES string of the molecule is Cc1cc(NC(=O)C(C)Br)n[nH]1. The number of carbonyl (C=O) groups excluding carboxylic acids is 1. The summed E-state index contributed by atoms with van der Waals surface area (Å²) in [6.45, 7) is 3.63. The normalized spacial score (nSPS) is 12.6. The largest absolute Gasteiger partial charge is 0.308 e. The highest BCUT2D eigenvalue weighted by atomic mass is 79.9. The van der Waals surface area contributed by atoms with E-state index >= 15 is 0 Å². The molecule has 1 unspecified atom stereocenters. The first-order chi connectivity index (χ1) is 5.59. The number of carbonyl (C=O) groups is 1. The topological polar surface area (TPSA) is 57.8 Å². The number of amides is 1. The van der Waals surface area contributed by atoms with Gasteiger partial charge in [-0.15, -0.1) is 0 Å². The highest BCUT2D eigenvalue weighted by Gasteiger charge is 2.09. The number of hydrogen-bond donors (Lipinski definition) is 2. The molecule has 4 nitrogen and oxygen atoms in total. The van der Waals surface area contributed by atoms with Gasteiger partial charge in [0, 0.05) is 11.8 Å². The molecule has 0 radical (unpaired) electrons. The van der Waals surface area contributed by atoms with E-state index in [4.69, 9.17) is 0 Å². The third-order valence-electron chi connectivity index (χ3n) is 1.32. The number of aromatic nitrogens is 2. The lowest BCUT2D eigenvalue weighted by Gasteiger charge is -2.01. The van der Waals surface area contributed by atoms with Crippen molar-refractivity contribution in [2.45, 2.75) is 18.7 Å². The van der Waals surface area contributed by atoms with Crippen LogP contribution in [0.5, 0.6) is 0 Å². The second-order valence-corrected chi connectivity index (χ2v) is 3.91. The molecule has 1 aromatic heterocycles. The highest BCUT2D eigenvalue weighted by Crippen LogP contribution is 2.06. The first-order valence-electron chi connectivity index (χ1n) is 3.56. The van der Waals surface area contributed by atoms with Gasteiger partial charge >= 0.3 is 0 Å². The van der Waals surface area contributed by atoms with Gasteiger partial charge in [0.1, 0.15) is 0 Å². The van der Waals surface area contributed by atoms with Crippen LogP contribution in [-0.4, -0.2) is 20.9 Å². The van der Waals surface area contributed by atoms with E-state index < -0.39 is 0 Å². The molecular formula is C7H10BrN3O. The maximum Gasteiger partial charge on any atom is 0.239 e. The Kier molecular flexibility index (Phi) is 2.86. The van der Waals surface area contributed by atoms with Crippen LogP contribution in [0.4, 0.5) is 5.82 Å². The van der Waals surface area contributed by atoms with Crippen molar-refractivity contribution in [1.82, 2.24) is 10.2 Å². The van der Waals surface area contributed by atoms with E-state index in [0.29, 0.717) is 5.82 Å². The summed E-state index contributed by atoms with van der Waals surface area (Å²) in [5.74, 6) is 0.463. The maximum absolute atomic E-state index is 11.1. The van der Waals surface area contributed by atoms with Gasteiger partial charge in [-0.25, -0.2) is 0 Å². The van der Waals surface area contributed by atoms with Gasteiger partial charge in [-0.05, 0) is 13.8 Å². The van der Waals surface area contributed by atoms with Gasteiger partial charge in [0.25, 0.3) is 0 Å². The fourth-order valence-corrected chi connectivity index (χ4v) is 0.822. The Bertz CT molecular complexity index is 282. The molecule has 0 aliphatic carbocycles. The minimum atomic E-state index is -0.200. The number of hydrogen-bond acceptors (Lipinski definition) is 2. The molecule has 0 aliphatic heterocycles. The molecule has 0 bridgehead atoms. The Balaban J connectivity index is 2.58. The Labute approximate surface area is 78.9 Å². The molecular weight excluding hydrogens is 222 g/mol. The van der Waals surface area contributed by atoms with Crippen LogP contribution in [0.15, 0.2) is 6.07 Å². The molecule has 0 saturated heterocycles. The summed E-state index contributed by atoms with van der Waals surface area (Å²) in [4.78, 5) is 10.9. The molecule has 1 atom stereocenters. The molecule has 12 heavy (non-hydrogen) atoms. The number of rotatable bonds is 2. The van der Waals surface area contributed by atoms with Gasteiger partial charge in [-0.2, -0.15) is 5.10 Å². The third kappa shape index (κ3) is 2.34. The van der Waals surface area contributed by atoms with Crippen molar-refractivity contribution < 1.29 is 4.79 Å². The fraction of sp³-hybridized carbons (Fsp3) is 0.429. The van der Waals surface area contributed by atoms with Crippen LogP contribution in [0.3, 0.4) is 0 Å². The van der Waals surface area contributed by atoms with Crippen LogP contribution in [0, 0.1) is 6.92 Å². The van der Waals surface area contributed by atoms with Crippen molar-refractivity contribution in [2.75, 3.05) is 5.32 Å². The predicted molar refractivity (Wildman–Crippen MR) is 50.3 cm³/mol. The number of nitrogens with zero attached hydrogens (tertiary/aromatic N) is 1. The van der Waals surface area contributed by atoms with Crippen LogP contribution in [0.25, 0.3) is 0 Å². The van der Waals surface area contributed by atoms with E-state index in [1.165, 1.54) is 0 Å². The minimum Gasteiger partial charge on any atom is -0.308 e. The van der Waals surface area contributed by atoms with Crippen LogP contribution in [0.2, 0.25) is 0 Å². The van der Waals surface area contributed by atoms with Crippen molar-refractivity contribution >= 4 is 27.7 Å². The number of alkyl halides is 1. The molecule has 0 spiro atoms. The molecule has 0 saturated carbocycles. The molecule has 1 heterocycles. The van der Waals surface area contributed by atoms with Crippen LogP contribution in [0.1, 0.15) is 12.6 Å². The third-order valence-corrected chi connectivity index (χ3v) is 1.73. The Morgan fingerprint density at radius 1 is 1.83 bits per heavy atom. The minimum absolute atomic E-state index is 0.0958. The van der Waals surface area contributed by atoms with Gasteiger partial charge in [0.15, 0.2) is 5.82 Å². The first kappa shape index (κ1) is 9.25. The second kappa shape index (κ2) is 3.71. The van der Waals surface area contributed by atoms with Crippen molar-refractivity contribution in [3.05, 3.63) is 11.8 Å². The summed E-state index contributed by atoms with van der Waals surface area (Å²) in [5.41, 5.74) is 0.924. The summed E-state index contributed by atoms with van der Waals surface area (Å²) in [6, 6.07) is 1.77. The number of halogens is 1. The Morgan fingerprint density at radius 2 is 2.50 bits per heavy atom. The second-order valence-electron chi connectivity index (χ2n) is 2.54. The lowest BCUT2D eigenvalue weighted by molar-refractivity contribution is -0.115. The highest BCUT2D eigenvalue weighted by molar-refractivity contribution is 9.10. The number of aromatic amines is 1. The van der Waals surface area contributed by atoms with E-state index in [1.54, 1.807) is 13.0 Å². The molecule has 1 rings (SSSR count). The van der Waals surface area contributed by atoms with Crippen LogP contribution >= 0.6 is 15.9 Å². The van der Waals surface area contributed by atoms with Crippen molar-refractivity contribution in [1.29, 1.82) is 0 Å². The zero-order chi connectivity index (χ0) is 9.14. The van der Waals surface area contributed by atoms with Crippen molar-refractivity contribution in [3.8, 4) is 0 Å². The molecule has 5 heteroatoms. The Morgan fingerprint density at radius 3 is 2.92 bits per heavy atom. The zero-order valence-electron chi connectivity index (χ0n) is 6.89. The monoisotopic (exact) mass is 231 g/mol. The van der Waals surface area contributed by atoms with Crippen LogP contribution < -0.4 is 5.32 Å². The number of anilines is 1. The molecule has 0 aromatic carbocycles. The molecule has 66 valence electrons. The lowest BCUT2D eigenvalue weighted by Crippen LogP contribution is -2.19. The first-order valence-corrected chi connectivity index (χ1v) is 4.48. The molecule has 0 fully saturated rings.